The maximum absolute atomic E-state index is 8.81. The molecule has 0 aliphatic heterocycles. The number of nitrogens with one attached hydrogen (secondary N) is 1. The summed E-state index contributed by atoms with van der Waals surface area (Å²) in [4.78, 5) is 0.841. The van der Waals surface area contributed by atoms with Crippen molar-refractivity contribution in [2.45, 2.75) is 4.90 Å². The monoisotopic (exact) mass is 217 g/mol. The highest BCUT2D eigenvalue weighted by Gasteiger charge is 1.94. The first-order valence-corrected chi connectivity index (χ1v) is 5.39. The summed E-state index contributed by atoms with van der Waals surface area (Å²) in [7, 11) is 0. The van der Waals surface area contributed by atoms with Gasteiger partial charge in [0.25, 0.3) is 0 Å². The molecule has 0 aromatic heterocycles. The minimum atomic E-state index is 0.756. The van der Waals surface area contributed by atoms with E-state index in [0.29, 0.717) is 0 Å². The Labute approximate surface area is 93.2 Å². The van der Waals surface area contributed by atoms with Crippen LogP contribution in [0.2, 0.25) is 0 Å². The van der Waals surface area contributed by atoms with Gasteiger partial charge in [-0.1, -0.05) is 18.2 Å². The Morgan fingerprint density at radius 1 is 0.800 bits per heavy atom. The SMILES string of the molecule is OSc1ccc(Nc2ccccc2)cc1. The summed E-state index contributed by atoms with van der Waals surface area (Å²) in [6.45, 7) is 0. The van der Waals surface area contributed by atoms with Gasteiger partial charge < -0.3 is 9.87 Å². The smallest absolute Gasteiger partial charge is 0.0385 e. The number of hydrogen-bond donors (Lipinski definition) is 2. The lowest BCUT2D eigenvalue weighted by Gasteiger charge is -2.05. The average molecular weight is 217 g/mol. The summed E-state index contributed by atoms with van der Waals surface area (Å²) in [6, 6.07) is 17.6. The average Bonchev–Trinajstić information content (AvgIpc) is 2.31. The van der Waals surface area contributed by atoms with Crippen molar-refractivity contribution < 1.29 is 4.55 Å². The largest absolute Gasteiger partial charge is 0.356 e. The van der Waals surface area contributed by atoms with E-state index in [1.54, 1.807) is 0 Å². The van der Waals surface area contributed by atoms with Crippen LogP contribution in [-0.2, 0) is 0 Å². The van der Waals surface area contributed by atoms with Crippen LogP contribution in [0, 0.1) is 0 Å². The van der Waals surface area contributed by atoms with E-state index in [1.807, 2.05) is 54.6 Å². The van der Waals surface area contributed by atoms with Crippen LogP contribution < -0.4 is 5.32 Å². The Hall–Kier alpha value is -1.45. The second-order valence-electron chi connectivity index (χ2n) is 3.11. The Morgan fingerprint density at radius 3 is 2.00 bits per heavy atom. The quantitative estimate of drug-likeness (QED) is 0.762. The van der Waals surface area contributed by atoms with E-state index in [1.165, 1.54) is 0 Å². The van der Waals surface area contributed by atoms with Gasteiger partial charge in [-0.3, -0.25) is 0 Å². The Morgan fingerprint density at radius 2 is 1.40 bits per heavy atom. The van der Waals surface area contributed by atoms with Crippen LogP contribution in [0.3, 0.4) is 0 Å². The fourth-order valence-corrected chi connectivity index (χ4v) is 1.55. The zero-order valence-corrected chi connectivity index (χ0v) is 8.87. The molecule has 2 N–H and O–H groups in total. The first-order chi connectivity index (χ1) is 7.38. The maximum atomic E-state index is 8.81. The summed E-state index contributed by atoms with van der Waals surface area (Å²) in [6.07, 6.45) is 0. The molecule has 2 rings (SSSR count). The highest BCUT2D eigenvalue weighted by molar-refractivity contribution is 7.93. The zero-order valence-electron chi connectivity index (χ0n) is 8.05. The predicted octanol–water partition coefficient (Wildman–Crippen LogP) is 4.00. The van der Waals surface area contributed by atoms with E-state index in [0.717, 1.165) is 28.3 Å². The van der Waals surface area contributed by atoms with Gasteiger partial charge in [0.05, 0.1) is 0 Å². The van der Waals surface area contributed by atoms with Crippen LogP contribution in [0.15, 0.2) is 59.5 Å². The van der Waals surface area contributed by atoms with Gasteiger partial charge in [0, 0.05) is 28.3 Å². The fourth-order valence-electron chi connectivity index (χ4n) is 1.29. The standard InChI is InChI=1S/C12H11NOS/c14-15-12-8-6-11(7-9-12)13-10-4-2-1-3-5-10/h1-9,13-14H. The molecule has 3 heteroatoms. The highest BCUT2D eigenvalue weighted by atomic mass is 32.2. The molecule has 0 aliphatic rings. The zero-order chi connectivity index (χ0) is 10.5. The lowest BCUT2D eigenvalue weighted by atomic mass is 10.3. The van der Waals surface area contributed by atoms with Gasteiger partial charge >= 0.3 is 0 Å². The molecular weight excluding hydrogens is 206 g/mol. The lowest BCUT2D eigenvalue weighted by Crippen LogP contribution is -1.88. The van der Waals surface area contributed by atoms with Crippen LogP contribution in [-0.4, -0.2) is 4.55 Å². The molecule has 0 heterocycles. The third-order valence-corrected chi connectivity index (χ3v) is 2.51. The molecule has 0 saturated heterocycles. The second kappa shape index (κ2) is 4.87. The van der Waals surface area contributed by atoms with Crippen LogP contribution in [0.5, 0.6) is 0 Å². The Kier molecular flexibility index (Phi) is 3.27. The number of para-hydroxylation sites is 1. The van der Waals surface area contributed by atoms with Gasteiger partial charge in [0.2, 0.25) is 0 Å². The van der Waals surface area contributed by atoms with E-state index in [-0.39, 0.29) is 0 Å². The molecule has 2 nitrogen and oxygen atoms in total. The van der Waals surface area contributed by atoms with E-state index >= 15 is 0 Å². The molecule has 2 aromatic carbocycles. The van der Waals surface area contributed by atoms with Crippen LogP contribution >= 0.6 is 12.0 Å². The highest BCUT2D eigenvalue weighted by Crippen LogP contribution is 2.20. The van der Waals surface area contributed by atoms with Crippen molar-refractivity contribution in [3.63, 3.8) is 0 Å². The maximum Gasteiger partial charge on any atom is 0.0385 e. The summed E-state index contributed by atoms with van der Waals surface area (Å²) < 4.78 is 8.81. The molecular formula is C12H11NOS. The molecule has 2 aromatic rings. The summed E-state index contributed by atoms with van der Waals surface area (Å²) >= 11 is 0.756. The van der Waals surface area contributed by atoms with Gasteiger partial charge in [-0.25, -0.2) is 0 Å². The topological polar surface area (TPSA) is 32.3 Å². The number of anilines is 2. The number of hydrogen-bond acceptors (Lipinski definition) is 3. The molecule has 0 atom stereocenters. The minimum Gasteiger partial charge on any atom is -0.356 e. The summed E-state index contributed by atoms with van der Waals surface area (Å²) in [5.41, 5.74) is 2.07. The minimum absolute atomic E-state index is 0.756. The molecule has 0 radical (unpaired) electrons. The first kappa shape index (κ1) is 10.1. The summed E-state index contributed by atoms with van der Waals surface area (Å²) in [5, 5.41) is 3.26. The van der Waals surface area contributed by atoms with Crippen molar-refractivity contribution >= 4 is 23.4 Å². The van der Waals surface area contributed by atoms with Crippen molar-refractivity contribution in [1.82, 2.24) is 0 Å². The first-order valence-electron chi connectivity index (χ1n) is 4.62. The molecule has 0 aliphatic carbocycles. The Bertz CT molecular complexity index is 413. The number of benzene rings is 2. The lowest BCUT2D eigenvalue weighted by molar-refractivity contribution is 0.664. The van der Waals surface area contributed by atoms with Gasteiger partial charge in [-0.05, 0) is 36.4 Å². The molecule has 0 fully saturated rings. The van der Waals surface area contributed by atoms with Crippen LogP contribution in [0.1, 0.15) is 0 Å². The van der Waals surface area contributed by atoms with Crippen LogP contribution in [0.4, 0.5) is 11.4 Å². The van der Waals surface area contributed by atoms with Crippen molar-refractivity contribution in [2.24, 2.45) is 0 Å². The Balaban J connectivity index is 2.11. The molecule has 0 unspecified atom stereocenters. The van der Waals surface area contributed by atoms with Crippen LogP contribution in [0.25, 0.3) is 0 Å². The predicted molar refractivity (Wildman–Crippen MR) is 64.7 cm³/mol. The van der Waals surface area contributed by atoms with Gasteiger partial charge in [-0.15, -0.1) is 0 Å². The molecule has 0 saturated carbocycles. The van der Waals surface area contributed by atoms with E-state index in [4.69, 9.17) is 4.55 Å². The third-order valence-electron chi connectivity index (χ3n) is 2.02. The van der Waals surface area contributed by atoms with Gasteiger partial charge in [-0.2, -0.15) is 0 Å². The number of rotatable bonds is 3. The molecule has 0 spiro atoms. The van der Waals surface area contributed by atoms with Crippen molar-refractivity contribution in [3.05, 3.63) is 54.6 Å². The molecule has 0 bridgehead atoms. The van der Waals surface area contributed by atoms with Crippen molar-refractivity contribution in [1.29, 1.82) is 0 Å². The normalized spacial score (nSPS) is 9.93. The molecule has 76 valence electrons. The van der Waals surface area contributed by atoms with Gasteiger partial charge in [0.1, 0.15) is 0 Å². The van der Waals surface area contributed by atoms with E-state index in [2.05, 4.69) is 5.32 Å². The molecule has 0 amide bonds. The second-order valence-corrected chi connectivity index (χ2v) is 3.76. The summed E-state index contributed by atoms with van der Waals surface area (Å²) in [5.74, 6) is 0. The fraction of sp³-hybridized carbons (Fsp3) is 0. The molecule has 15 heavy (non-hydrogen) atoms. The van der Waals surface area contributed by atoms with Gasteiger partial charge in [0.15, 0.2) is 0 Å². The van der Waals surface area contributed by atoms with Crippen molar-refractivity contribution in [2.75, 3.05) is 5.32 Å². The third kappa shape index (κ3) is 2.75. The van der Waals surface area contributed by atoms with Crippen molar-refractivity contribution in [3.8, 4) is 0 Å². The van der Waals surface area contributed by atoms with E-state index in [9.17, 15) is 0 Å². The van der Waals surface area contributed by atoms with E-state index < -0.39 is 0 Å².